The van der Waals surface area contributed by atoms with Crippen LogP contribution in [-0.2, 0) is 9.59 Å². The first-order valence-electron chi connectivity index (χ1n) is 6.98. The van der Waals surface area contributed by atoms with Crippen molar-refractivity contribution in [3.63, 3.8) is 0 Å². The van der Waals surface area contributed by atoms with E-state index in [1.807, 2.05) is 30.3 Å². The van der Waals surface area contributed by atoms with Gasteiger partial charge in [-0.15, -0.1) is 0 Å². The van der Waals surface area contributed by atoms with Gasteiger partial charge in [-0.05, 0) is 42.8 Å². The standard InChI is InChI=1S/C17H17NO4/c19-16(7-4-8-17(20)21)18-13-9-11-15(12-10-13)22-14-5-2-1-3-6-14/h1-3,5-6,9-12H,4,7-8H2,(H,18,19)(H,20,21). The molecule has 0 aliphatic carbocycles. The van der Waals surface area contributed by atoms with Crippen LogP contribution in [0.2, 0.25) is 0 Å². The van der Waals surface area contributed by atoms with Gasteiger partial charge in [-0.1, -0.05) is 18.2 Å². The number of amides is 1. The van der Waals surface area contributed by atoms with Crippen molar-refractivity contribution in [2.75, 3.05) is 5.32 Å². The third-order valence-electron chi connectivity index (χ3n) is 2.91. The summed E-state index contributed by atoms with van der Waals surface area (Å²) in [6.45, 7) is 0. The summed E-state index contributed by atoms with van der Waals surface area (Å²) < 4.78 is 5.65. The zero-order valence-electron chi connectivity index (χ0n) is 12.0. The number of nitrogens with one attached hydrogen (secondary N) is 1. The normalized spacial score (nSPS) is 10.0. The molecule has 0 saturated carbocycles. The van der Waals surface area contributed by atoms with Crippen molar-refractivity contribution >= 4 is 17.6 Å². The second-order valence-corrected chi connectivity index (χ2v) is 4.73. The maximum atomic E-state index is 11.6. The number of benzene rings is 2. The number of hydrogen-bond donors (Lipinski definition) is 2. The molecule has 2 aromatic rings. The Kier molecular flexibility index (Phi) is 5.54. The van der Waals surface area contributed by atoms with Gasteiger partial charge in [-0.25, -0.2) is 0 Å². The number of carbonyl (C=O) groups excluding carboxylic acids is 1. The van der Waals surface area contributed by atoms with Crippen LogP contribution in [0.25, 0.3) is 0 Å². The maximum Gasteiger partial charge on any atom is 0.303 e. The number of anilines is 1. The van der Waals surface area contributed by atoms with Gasteiger partial charge in [-0.3, -0.25) is 9.59 Å². The molecule has 2 N–H and O–H groups in total. The third kappa shape index (κ3) is 5.28. The smallest absolute Gasteiger partial charge is 0.303 e. The Morgan fingerprint density at radius 1 is 0.909 bits per heavy atom. The van der Waals surface area contributed by atoms with E-state index in [-0.39, 0.29) is 18.7 Å². The van der Waals surface area contributed by atoms with Crippen LogP contribution in [0.5, 0.6) is 11.5 Å². The zero-order valence-corrected chi connectivity index (χ0v) is 12.0. The van der Waals surface area contributed by atoms with Gasteiger partial charge in [0.25, 0.3) is 0 Å². The molecule has 0 unspecified atom stereocenters. The van der Waals surface area contributed by atoms with E-state index in [2.05, 4.69) is 5.32 Å². The molecule has 0 spiro atoms. The van der Waals surface area contributed by atoms with E-state index in [9.17, 15) is 9.59 Å². The summed E-state index contributed by atoms with van der Waals surface area (Å²) in [7, 11) is 0. The molecule has 0 heterocycles. The second-order valence-electron chi connectivity index (χ2n) is 4.73. The lowest BCUT2D eigenvalue weighted by Crippen LogP contribution is -2.11. The molecule has 5 nitrogen and oxygen atoms in total. The molecule has 1 amide bonds. The number of para-hydroxylation sites is 1. The van der Waals surface area contributed by atoms with Crippen molar-refractivity contribution in [1.82, 2.24) is 0 Å². The molecule has 2 aromatic carbocycles. The summed E-state index contributed by atoms with van der Waals surface area (Å²) in [6, 6.07) is 16.4. The van der Waals surface area contributed by atoms with Gasteiger partial charge in [-0.2, -0.15) is 0 Å². The first-order chi connectivity index (χ1) is 10.6. The average molecular weight is 299 g/mol. The van der Waals surface area contributed by atoms with E-state index in [4.69, 9.17) is 9.84 Å². The number of carboxylic acid groups (broad SMARTS) is 1. The lowest BCUT2D eigenvalue weighted by atomic mass is 10.2. The van der Waals surface area contributed by atoms with Gasteiger partial charge in [0.2, 0.25) is 5.91 Å². The molecule has 0 aliphatic heterocycles. The maximum absolute atomic E-state index is 11.6. The van der Waals surface area contributed by atoms with Crippen LogP contribution in [0.1, 0.15) is 19.3 Å². The van der Waals surface area contributed by atoms with E-state index in [1.165, 1.54) is 0 Å². The highest BCUT2D eigenvalue weighted by Gasteiger charge is 2.05. The molecule has 2 rings (SSSR count). The Balaban J connectivity index is 1.84. The largest absolute Gasteiger partial charge is 0.481 e. The van der Waals surface area contributed by atoms with Gasteiger partial charge >= 0.3 is 5.97 Å². The summed E-state index contributed by atoms with van der Waals surface area (Å²) >= 11 is 0. The Morgan fingerprint density at radius 3 is 2.18 bits per heavy atom. The molecule has 0 saturated heterocycles. The molecule has 0 fully saturated rings. The topological polar surface area (TPSA) is 75.6 Å². The van der Waals surface area contributed by atoms with Crippen LogP contribution in [-0.4, -0.2) is 17.0 Å². The Labute approximate surface area is 128 Å². The van der Waals surface area contributed by atoms with Gasteiger partial charge in [0, 0.05) is 18.5 Å². The first kappa shape index (κ1) is 15.6. The molecule has 0 aromatic heterocycles. The van der Waals surface area contributed by atoms with E-state index in [0.717, 1.165) is 5.75 Å². The predicted octanol–water partition coefficient (Wildman–Crippen LogP) is 3.67. The van der Waals surface area contributed by atoms with Gasteiger partial charge in [0.05, 0.1) is 0 Å². The van der Waals surface area contributed by atoms with Crippen molar-refractivity contribution < 1.29 is 19.4 Å². The van der Waals surface area contributed by atoms with Crippen molar-refractivity contribution in [3.8, 4) is 11.5 Å². The van der Waals surface area contributed by atoms with Crippen molar-refractivity contribution in [2.45, 2.75) is 19.3 Å². The molecule has 114 valence electrons. The van der Waals surface area contributed by atoms with Crippen LogP contribution in [0.15, 0.2) is 54.6 Å². The predicted molar refractivity (Wildman–Crippen MR) is 83.1 cm³/mol. The van der Waals surface area contributed by atoms with Crippen LogP contribution >= 0.6 is 0 Å². The summed E-state index contributed by atoms with van der Waals surface area (Å²) in [5.41, 5.74) is 0.653. The number of hydrogen-bond acceptors (Lipinski definition) is 3. The number of carboxylic acids is 1. The summed E-state index contributed by atoms with van der Waals surface area (Å²) in [5, 5.41) is 11.2. The van der Waals surface area contributed by atoms with E-state index in [1.54, 1.807) is 24.3 Å². The van der Waals surface area contributed by atoms with E-state index in [0.29, 0.717) is 17.9 Å². The lowest BCUT2D eigenvalue weighted by Gasteiger charge is -2.08. The minimum atomic E-state index is -0.893. The van der Waals surface area contributed by atoms with E-state index < -0.39 is 5.97 Å². The zero-order chi connectivity index (χ0) is 15.8. The van der Waals surface area contributed by atoms with Gasteiger partial charge in [0.1, 0.15) is 11.5 Å². The second kappa shape index (κ2) is 7.83. The molecule has 5 heteroatoms. The Bertz CT molecular complexity index is 623. The van der Waals surface area contributed by atoms with Crippen LogP contribution in [0, 0.1) is 0 Å². The minimum absolute atomic E-state index is 0.00270. The van der Waals surface area contributed by atoms with Crippen LogP contribution in [0.4, 0.5) is 5.69 Å². The van der Waals surface area contributed by atoms with E-state index >= 15 is 0 Å². The number of aliphatic carboxylic acids is 1. The number of ether oxygens (including phenoxy) is 1. The van der Waals surface area contributed by atoms with Gasteiger partial charge in [0.15, 0.2) is 0 Å². The average Bonchev–Trinajstić information content (AvgIpc) is 2.50. The molecule has 0 atom stereocenters. The molecule has 0 aliphatic rings. The van der Waals surface area contributed by atoms with Crippen LogP contribution < -0.4 is 10.1 Å². The number of rotatable bonds is 7. The third-order valence-corrected chi connectivity index (χ3v) is 2.91. The molecule has 0 bridgehead atoms. The summed E-state index contributed by atoms with van der Waals surface area (Å²) in [4.78, 5) is 22.0. The first-order valence-corrected chi connectivity index (χ1v) is 6.98. The lowest BCUT2D eigenvalue weighted by molar-refractivity contribution is -0.137. The summed E-state index contributed by atoms with van der Waals surface area (Å²) in [6.07, 6.45) is 0.516. The molecular weight excluding hydrogens is 282 g/mol. The van der Waals surface area contributed by atoms with Crippen molar-refractivity contribution in [1.29, 1.82) is 0 Å². The highest BCUT2D eigenvalue weighted by molar-refractivity contribution is 5.90. The van der Waals surface area contributed by atoms with Crippen molar-refractivity contribution in [3.05, 3.63) is 54.6 Å². The Morgan fingerprint density at radius 2 is 1.55 bits per heavy atom. The number of carbonyl (C=O) groups is 2. The monoisotopic (exact) mass is 299 g/mol. The van der Waals surface area contributed by atoms with Gasteiger partial charge < -0.3 is 15.2 Å². The highest BCUT2D eigenvalue weighted by atomic mass is 16.5. The summed E-state index contributed by atoms with van der Waals surface area (Å²) in [5.74, 6) is 0.330. The molecule has 0 radical (unpaired) electrons. The quantitative estimate of drug-likeness (QED) is 0.818. The molecular formula is C17H17NO4. The fourth-order valence-electron chi connectivity index (χ4n) is 1.85. The molecule has 22 heavy (non-hydrogen) atoms. The fourth-order valence-corrected chi connectivity index (χ4v) is 1.85. The SMILES string of the molecule is O=C(O)CCCC(=O)Nc1ccc(Oc2ccccc2)cc1. The highest BCUT2D eigenvalue weighted by Crippen LogP contribution is 2.22. The minimum Gasteiger partial charge on any atom is -0.481 e. The fraction of sp³-hybridized carbons (Fsp3) is 0.176. The Hall–Kier alpha value is -2.82. The van der Waals surface area contributed by atoms with Crippen molar-refractivity contribution in [2.24, 2.45) is 0 Å². The van der Waals surface area contributed by atoms with Crippen LogP contribution in [0.3, 0.4) is 0 Å².